The standard InChI is InChI=1S/C9H10O3/c1-7(9(10)11)2-3-8-4-5-12-6-8/h2-7H,1H3,(H,10,11)/b3-2+. The molecule has 0 saturated carbocycles. The summed E-state index contributed by atoms with van der Waals surface area (Å²) in [6.07, 6.45) is 6.45. The van der Waals surface area contributed by atoms with Crippen molar-refractivity contribution in [3.05, 3.63) is 30.2 Å². The van der Waals surface area contributed by atoms with Crippen LogP contribution in [0.1, 0.15) is 12.5 Å². The Hall–Kier alpha value is -1.51. The summed E-state index contributed by atoms with van der Waals surface area (Å²) in [7, 11) is 0. The Kier molecular flexibility index (Phi) is 2.69. The monoisotopic (exact) mass is 166 g/mol. The Morgan fingerprint density at radius 1 is 1.75 bits per heavy atom. The Morgan fingerprint density at radius 2 is 2.50 bits per heavy atom. The van der Waals surface area contributed by atoms with Crippen LogP contribution in [-0.4, -0.2) is 11.1 Å². The summed E-state index contributed by atoms with van der Waals surface area (Å²) in [5.74, 6) is -1.28. The molecule has 1 unspecified atom stereocenters. The van der Waals surface area contributed by atoms with Crippen LogP contribution < -0.4 is 0 Å². The molecule has 12 heavy (non-hydrogen) atoms. The summed E-state index contributed by atoms with van der Waals surface area (Å²) in [5.41, 5.74) is 0.878. The first-order valence-corrected chi connectivity index (χ1v) is 3.63. The second-order valence-electron chi connectivity index (χ2n) is 2.54. The molecular formula is C9H10O3. The van der Waals surface area contributed by atoms with Crippen LogP contribution in [-0.2, 0) is 4.79 Å². The molecule has 0 fully saturated rings. The van der Waals surface area contributed by atoms with Crippen molar-refractivity contribution < 1.29 is 14.3 Å². The van der Waals surface area contributed by atoms with Crippen molar-refractivity contribution in [2.45, 2.75) is 6.92 Å². The third-order valence-electron chi connectivity index (χ3n) is 1.51. The van der Waals surface area contributed by atoms with Crippen molar-refractivity contribution in [2.75, 3.05) is 0 Å². The van der Waals surface area contributed by atoms with Gasteiger partial charge in [0.1, 0.15) is 0 Å². The highest BCUT2D eigenvalue weighted by Crippen LogP contribution is 2.05. The van der Waals surface area contributed by atoms with Gasteiger partial charge in [0.25, 0.3) is 0 Å². The van der Waals surface area contributed by atoms with Gasteiger partial charge in [0, 0.05) is 5.56 Å². The lowest BCUT2D eigenvalue weighted by Gasteiger charge is -1.95. The molecule has 1 atom stereocenters. The third-order valence-corrected chi connectivity index (χ3v) is 1.51. The van der Waals surface area contributed by atoms with Gasteiger partial charge in [-0.3, -0.25) is 4.79 Å². The minimum absolute atomic E-state index is 0.458. The Labute approximate surface area is 70.3 Å². The predicted octanol–water partition coefficient (Wildman–Crippen LogP) is 2.01. The molecule has 3 nitrogen and oxygen atoms in total. The SMILES string of the molecule is CC(/C=C/c1ccoc1)C(=O)O. The first kappa shape index (κ1) is 8.59. The zero-order chi connectivity index (χ0) is 8.97. The maximum absolute atomic E-state index is 10.4. The second-order valence-corrected chi connectivity index (χ2v) is 2.54. The van der Waals surface area contributed by atoms with E-state index >= 15 is 0 Å². The Morgan fingerprint density at radius 3 is 3.00 bits per heavy atom. The minimum atomic E-state index is -0.824. The number of carboxylic acid groups (broad SMARTS) is 1. The normalized spacial score (nSPS) is 13.4. The van der Waals surface area contributed by atoms with Gasteiger partial charge < -0.3 is 9.52 Å². The van der Waals surface area contributed by atoms with Crippen molar-refractivity contribution in [3.8, 4) is 0 Å². The van der Waals surface area contributed by atoms with Gasteiger partial charge in [0.2, 0.25) is 0 Å². The molecule has 1 heterocycles. The van der Waals surface area contributed by atoms with Crippen LogP contribution >= 0.6 is 0 Å². The molecule has 0 aliphatic rings. The van der Waals surface area contributed by atoms with E-state index in [1.165, 1.54) is 0 Å². The lowest BCUT2D eigenvalue weighted by molar-refractivity contribution is -0.139. The molecule has 0 aromatic carbocycles. The van der Waals surface area contributed by atoms with Crippen molar-refractivity contribution >= 4 is 12.0 Å². The molecular weight excluding hydrogens is 156 g/mol. The number of hydrogen-bond donors (Lipinski definition) is 1. The van der Waals surface area contributed by atoms with Gasteiger partial charge in [-0.25, -0.2) is 0 Å². The molecule has 0 spiro atoms. The van der Waals surface area contributed by atoms with E-state index in [1.54, 1.807) is 37.7 Å². The average molecular weight is 166 g/mol. The van der Waals surface area contributed by atoms with Gasteiger partial charge in [0.05, 0.1) is 18.4 Å². The molecule has 1 rings (SSSR count). The maximum Gasteiger partial charge on any atom is 0.310 e. The average Bonchev–Trinajstić information content (AvgIpc) is 2.51. The van der Waals surface area contributed by atoms with Crippen molar-refractivity contribution in [1.29, 1.82) is 0 Å². The lowest BCUT2D eigenvalue weighted by atomic mass is 10.1. The van der Waals surface area contributed by atoms with E-state index in [4.69, 9.17) is 9.52 Å². The van der Waals surface area contributed by atoms with Gasteiger partial charge in [-0.2, -0.15) is 0 Å². The molecule has 0 amide bonds. The molecule has 0 aliphatic heterocycles. The van der Waals surface area contributed by atoms with E-state index in [1.807, 2.05) is 0 Å². The van der Waals surface area contributed by atoms with E-state index in [2.05, 4.69) is 0 Å². The summed E-state index contributed by atoms with van der Waals surface area (Å²) >= 11 is 0. The Balaban J connectivity index is 2.56. The van der Waals surface area contributed by atoms with Crippen LogP contribution in [0.15, 0.2) is 29.1 Å². The van der Waals surface area contributed by atoms with Crippen molar-refractivity contribution in [2.24, 2.45) is 5.92 Å². The Bertz CT molecular complexity index is 272. The van der Waals surface area contributed by atoms with Gasteiger partial charge in [0.15, 0.2) is 0 Å². The second kappa shape index (κ2) is 3.76. The van der Waals surface area contributed by atoms with Crippen molar-refractivity contribution in [1.82, 2.24) is 0 Å². The predicted molar refractivity (Wildman–Crippen MR) is 44.5 cm³/mol. The topological polar surface area (TPSA) is 50.4 Å². The molecule has 0 aliphatic carbocycles. The number of furan rings is 1. The molecule has 0 saturated heterocycles. The highest BCUT2D eigenvalue weighted by atomic mass is 16.4. The molecule has 3 heteroatoms. The highest BCUT2D eigenvalue weighted by Gasteiger charge is 2.04. The third kappa shape index (κ3) is 2.27. The fraction of sp³-hybridized carbons (Fsp3) is 0.222. The minimum Gasteiger partial charge on any atom is -0.481 e. The fourth-order valence-electron chi connectivity index (χ4n) is 0.708. The number of hydrogen-bond acceptors (Lipinski definition) is 2. The van der Waals surface area contributed by atoms with Crippen LogP contribution in [0.5, 0.6) is 0 Å². The highest BCUT2D eigenvalue weighted by molar-refractivity contribution is 5.73. The van der Waals surface area contributed by atoms with E-state index in [0.717, 1.165) is 5.56 Å². The number of aliphatic carboxylic acids is 1. The van der Waals surface area contributed by atoms with E-state index < -0.39 is 11.9 Å². The molecule has 1 N–H and O–H groups in total. The van der Waals surface area contributed by atoms with Crippen LogP contribution in [0.3, 0.4) is 0 Å². The molecule has 64 valence electrons. The summed E-state index contributed by atoms with van der Waals surface area (Å²) in [6.45, 7) is 1.62. The smallest absolute Gasteiger partial charge is 0.310 e. The quantitative estimate of drug-likeness (QED) is 0.747. The number of carbonyl (C=O) groups is 1. The van der Waals surface area contributed by atoms with Gasteiger partial charge in [-0.15, -0.1) is 0 Å². The maximum atomic E-state index is 10.4. The summed E-state index contributed by atoms with van der Waals surface area (Å²) in [6, 6.07) is 1.77. The number of rotatable bonds is 3. The lowest BCUT2D eigenvalue weighted by Crippen LogP contribution is -2.05. The summed E-state index contributed by atoms with van der Waals surface area (Å²) in [4.78, 5) is 10.4. The van der Waals surface area contributed by atoms with E-state index in [-0.39, 0.29) is 0 Å². The fourth-order valence-corrected chi connectivity index (χ4v) is 0.708. The first-order valence-electron chi connectivity index (χ1n) is 3.63. The zero-order valence-electron chi connectivity index (χ0n) is 6.73. The van der Waals surface area contributed by atoms with Crippen LogP contribution in [0.2, 0.25) is 0 Å². The zero-order valence-corrected chi connectivity index (χ0v) is 6.73. The van der Waals surface area contributed by atoms with Crippen molar-refractivity contribution in [3.63, 3.8) is 0 Å². The van der Waals surface area contributed by atoms with Gasteiger partial charge in [-0.1, -0.05) is 12.2 Å². The summed E-state index contributed by atoms with van der Waals surface area (Å²) in [5, 5.41) is 8.54. The summed E-state index contributed by atoms with van der Waals surface area (Å²) < 4.78 is 4.81. The van der Waals surface area contributed by atoms with Gasteiger partial charge in [-0.05, 0) is 13.0 Å². The largest absolute Gasteiger partial charge is 0.481 e. The number of carboxylic acids is 1. The van der Waals surface area contributed by atoms with Crippen LogP contribution in [0, 0.1) is 5.92 Å². The van der Waals surface area contributed by atoms with E-state index in [9.17, 15) is 4.79 Å². The molecule has 1 aromatic rings. The van der Waals surface area contributed by atoms with Gasteiger partial charge >= 0.3 is 5.97 Å². The molecule has 1 aromatic heterocycles. The molecule has 0 radical (unpaired) electrons. The van der Waals surface area contributed by atoms with E-state index in [0.29, 0.717) is 0 Å². The molecule has 0 bridgehead atoms. The first-order chi connectivity index (χ1) is 5.70. The van der Waals surface area contributed by atoms with Crippen LogP contribution in [0.4, 0.5) is 0 Å². The van der Waals surface area contributed by atoms with Crippen LogP contribution in [0.25, 0.3) is 6.08 Å².